The minimum absolute atomic E-state index is 0.0198. The van der Waals surface area contributed by atoms with Gasteiger partial charge in [0.15, 0.2) is 6.29 Å². The van der Waals surface area contributed by atoms with Gasteiger partial charge in [-0.25, -0.2) is 0 Å². The van der Waals surface area contributed by atoms with Crippen LogP contribution < -0.4 is 5.32 Å². The van der Waals surface area contributed by atoms with Crippen LogP contribution in [0.25, 0.3) is 11.1 Å². The molecule has 0 saturated carbocycles. The number of ether oxygens (including phenoxy) is 2. The van der Waals surface area contributed by atoms with Crippen molar-refractivity contribution in [1.29, 1.82) is 0 Å². The maximum Gasteiger partial charge on any atom is 0.303 e. The van der Waals surface area contributed by atoms with Gasteiger partial charge in [0.2, 0.25) is 5.91 Å². The maximum atomic E-state index is 12.4. The number of hydrogen-bond acceptors (Lipinski definition) is 7. The second-order valence-electron chi connectivity index (χ2n) is 14.2. The molecule has 6 rings (SSSR count). The molecule has 1 amide bonds. The van der Waals surface area contributed by atoms with Gasteiger partial charge in [-0.2, -0.15) is 0 Å². The van der Waals surface area contributed by atoms with E-state index >= 15 is 0 Å². The highest BCUT2D eigenvalue weighted by Crippen LogP contribution is 2.40. The molecule has 2 fully saturated rings. The van der Waals surface area contributed by atoms with Crippen molar-refractivity contribution in [3.05, 3.63) is 130 Å². The van der Waals surface area contributed by atoms with E-state index in [-0.39, 0.29) is 31.1 Å². The molecule has 2 aliphatic heterocycles. The molecule has 4 N–H and O–H groups in total. The standard InChI is InChI=1S/C43H49ClN2O7/c44-37-18-16-36(17-19-37)43(51)20-22-46(23-21-43)28-38-26-39(32-14-12-30(29-47)13-15-32)53-42(52-38)35-9-5-8-34(25-35)33-7-4-6-31(24-33)27-45-40(48)10-2-1-3-11-41(49)50/h4-9,12-19,24-25,38-39,42,47,51H,1-3,10-11,20-23,26-29H2,(H,45,48)(H,49,50)/t38-,39+,42+/m1/s1. The lowest BCUT2D eigenvalue weighted by Gasteiger charge is -2.42. The van der Waals surface area contributed by atoms with E-state index in [9.17, 15) is 19.8 Å². The number of unbranched alkanes of at least 4 members (excludes halogenated alkanes) is 2. The zero-order valence-corrected chi connectivity index (χ0v) is 30.7. The molecule has 4 aromatic carbocycles. The van der Waals surface area contributed by atoms with Gasteiger partial charge >= 0.3 is 5.97 Å². The number of likely N-dealkylation sites (tertiary alicyclic amines) is 1. The summed E-state index contributed by atoms with van der Waals surface area (Å²) >= 11 is 6.10. The fourth-order valence-electron chi connectivity index (χ4n) is 7.23. The third kappa shape index (κ3) is 10.8. The molecule has 0 aliphatic carbocycles. The van der Waals surface area contributed by atoms with Gasteiger partial charge in [-0.1, -0.05) is 90.8 Å². The predicted molar refractivity (Wildman–Crippen MR) is 204 cm³/mol. The van der Waals surface area contributed by atoms with Crippen LogP contribution in [0.15, 0.2) is 97.1 Å². The van der Waals surface area contributed by atoms with Crippen LogP contribution in [0.5, 0.6) is 0 Å². The number of aliphatic hydroxyl groups excluding tert-OH is 1. The topological polar surface area (TPSA) is 129 Å². The minimum Gasteiger partial charge on any atom is -0.481 e. The van der Waals surface area contributed by atoms with Crippen LogP contribution in [0.2, 0.25) is 5.02 Å². The molecule has 10 heteroatoms. The predicted octanol–water partition coefficient (Wildman–Crippen LogP) is 7.68. The molecule has 2 saturated heterocycles. The van der Waals surface area contributed by atoms with Crippen LogP contribution in [0.3, 0.4) is 0 Å². The Balaban J connectivity index is 1.12. The van der Waals surface area contributed by atoms with Crippen molar-refractivity contribution in [3.8, 4) is 11.1 Å². The van der Waals surface area contributed by atoms with E-state index in [1.54, 1.807) is 0 Å². The first-order chi connectivity index (χ1) is 25.7. The molecule has 0 radical (unpaired) electrons. The number of hydrogen-bond donors (Lipinski definition) is 4. The van der Waals surface area contributed by atoms with Gasteiger partial charge in [0.25, 0.3) is 0 Å². The largest absolute Gasteiger partial charge is 0.481 e. The first-order valence-electron chi connectivity index (χ1n) is 18.6. The van der Waals surface area contributed by atoms with Crippen LogP contribution in [-0.2, 0) is 37.8 Å². The molecule has 280 valence electrons. The number of amides is 1. The average molecular weight is 741 g/mol. The molecule has 0 spiro atoms. The van der Waals surface area contributed by atoms with Crippen LogP contribution in [-0.4, -0.2) is 57.8 Å². The lowest BCUT2D eigenvalue weighted by atomic mass is 9.84. The van der Waals surface area contributed by atoms with Gasteiger partial charge in [0.1, 0.15) is 0 Å². The van der Waals surface area contributed by atoms with Gasteiger partial charge in [0, 0.05) is 56.0 Å². The molecular formula is C43H49ClN2O7. The lowest BCUT2D eigenvalue weighted by molar-refractivity contribution is -0.253. The van der Waals surface area contributed by atoms with Crippen molar-refractivity contribution in [1.82, 2.24) is 10.2 Å². The second-order valence-corrected chi connectivity index (χ2v) is 14.7. The van der Waals surface area contributed by atoms with Crippen molar-refractivity contribution in [3.63, 3.8) is 0 Å². The van der Waals surface area contributed by atoms with Crippen LogP contribution in [0.4, 0.5) is 0 Å². The molecule has 3 atom stereocenters. The summed E-state index contributed by atoms with van der Waals surface area (Å²) in [5.74, 6) is -0.854. The van der Waals surface area contributed by atoms with Gasteiger partial charge in [-0.15, -0.1) is 0 Å². The van der Waals surface area contributed by atoms with E-state index in [1.165, 1.54) is 0 Å². The van der Waals surface area contributed by atoms with Gasteiger partial charge in [0.05, 0.1) is 24.4 Å². The number of carbonyl (C=O) groups is 2. The molecule has 0 bridgehead atoms. The Bertz CT molecular complexity index is 1810. The number of benzene rings is 4. The molecule has 0 unspecified atom stereocenters. The Hall–Kier alpha value is -4.09. The quantitative estimate of drug-likeness (QED) is 0.0915. The third-order valence-electron chi connectivity index (χ3n) is 10.3. The number of aliphatic hydroxyl groups is 2. The number of aliphatic carboxylic acids is 1. The third-order valence-corrected chi connectivity index (χ3v) is 10.6. The van der Waals surface area contributed by atoms with E-state index in [1.807, 2.05) is 78.9 Å². The molecule has 0 aromatic heterocycles. The van der Waals surface area contributed by atoms with Crippen LogP contribution in [0.1, 0.15) is 91.6 Å². The fourth-order valence-corrected chi connectivity index (χ4v) is 7.35. The molecule has 4 aromatic rings. The highest BCUT2D eigenvalue weighted by molar-refractivity contribution is 6.30. The SMILES string of the molecule is O=C(O)CCCCCC(=O)NCc1cccc(-c2cccc([C@H]3O[C@@H](CN4CCC(O)(c5ccc(Cl)cc5)CC4)C[C@@H](c4ccc(CO)cc4)O3)c2)c1. The number of rotatable bonds is 15. The minimum atomic E-state index is -0.884. The van der Waals surface area contributed by atoms with Crippen LogP contribution in [0, 0.1) is 0 Å². The summed E-state index contributed by atoms with van der Waals surface area (Å²) in [6.07, 6.45) is 3.43. The lowest BCUT2D eigenvalue weighted by Crippen LogP contribution is -2.46. The zero-order chi connectivity index (χ0) is 37.2. The summed E-state index contributed by atoms with van der Waals surface area (Å²) in [5.41, 5.74) is 5.79. The Morgan fingerprint density at radius 3 is 2.23 bits per heavy atom. The van der Waals surface area contributed by atoms with E-state index < -0.39 is 17.9 Å². The summed E-state index contributed by atoms with van der Waals surface area (Å²) in [7, 11) is 0. The summed E-state index contributed by atoms with van der Waals surface area (Å²) in [5, 5.41) is 33.5. The van der Waals surface area contributed by atoms with E-state index in [4.69, 9.17) is 26.2 Å². The Labute approximate surface area is 316 Å². The molecular weight excluding hydrogens is 692 g/mol. The van der Waals surface area contributed by atoms with Crippen LogP contribution >= 0.6 is 11.6 Å². The highest BCUT2D eigenvalue weighted by atomic mass is 35.5. The van der Waals surface area contributed by atoms with E-state index in [0.29, 0.717) is 63.1 Å². The smallest absolute Gasteiger partial charge is 0.303 e. The Kier molecular flexibility index (Phi) is 13.3. The maximum absolute atomic E-state index is 12.4. The Morgan fingerprint density at radius 1 is 0.811 bits per heavy atom. The van der Waals surface area contributed by atoms with Crippen molar-refractivity contribution >= 4 is 23.5 Å². The summed E-state index contributed by atoms with van der Waals surface area (Å²) in [4.78, 5) is 25.5. The van der Waals surface area contributed by atoms with Crippen molar-refractivity contribution in [2.45, 2.75) is 88.6 Å². The highest BCUT2D eigenvalue weighted by Gasteiger charge is 2.37. The number of nitrogens with one attached hydrogen (secondary N) is 1. The summed E-state index contributed by atoms with van der Waals surface area (Å²) in [6, 6.07) is 31.7. The molecule has 9 nitrogen and oxygen atoms in total. The van der Waals surface area contributed by atoms with Gasteiger partial charge < -0.3 is 35.0 Å². The van der Waals surface area contributed by atoms with E-state index in [0.717, 1.165) is 52.0 Å². The first-order valence-corrected chi connectivity index (χ1v) is 18.9. The van der Waals surface area contributed by atoms with Crippen molar-refractivity contribution in [2.24, 2.45) is 0 Å². The van der Waals surface area contributed by atoms with Crippen molar-refractivity contribution < 1.29 is 34.4 Å². The van der Waals surface area contributed by atoms with E-state index in [2.05, 4.69) is 28.4 Å². The summed E-state index contributed by atoms with van der Waals surface area (Å²) < 4.78 is 13.4. The van der Waals surface area contributed by atoms with Gasteiger partial charge in [-0.3, -0.25) is 9.59 Å². The number of nitrogens with zero attached hydrogens (tertiary/aromatic N) is 1. The molecule has 53 heavy (non-hydrogen) atoms. The summed E-state index contributed by atoms with van der Waals surface area (Å²) in [6.45, 7) is 2.56. The molecule has 2 heterocycles. The first kappa shape index (κ1) is 38.6. The average Bonchev–Trinajstić information content (AvgIpc) is 3.18. The second kappa shape index (κ2) is 18.3. The number of halogens is 1. The van der Waals surface area contributed by atoms with Crippen molar-refractivity contribution in [2.75, 3.05) is 19.6 Å². The normalized spacial score (nSPS) is 20.2. The number of piperidine rings is 1. The van der Waals surface area contributed by atoms with Gasteiger partial charge in [-0.05, 0) is 83.3 Å². The number of carboxylic acid groups (broad SMARTS) is 1. The number of carbonyl (C=O) groups excluding carboxylic acids is 1. The molecule has 2 aliphatic rings. The monoisotopic (exact) mass is 740 g/mol. The number of carboxylic acids is 1. The Morgan fingerprint density at radius 2 is 1.51 bits per heavy atom. The zero-order valence-electron chi connectivity index (χ0n) is 30.0. The fraction of sp³-hybridized carbons (Fsp3) is 0.395.